The number of aromatic nitrogens is 2. The van der Waals surface area contributed by atoms with Crippen LogP contribution in [-0.2, 0) is 13.1 Å². The monoisotopic (exact) mass is 624 g/mol. The molecule has 2 aromatic carbocycles. The summed E-state index contributed by atoms with van der Waals surface area (Å²) < 4.78 is 3.92. The summed E-state index contributed by atoms with van der Waals surface area (Å²) in [4.78, 5) is 32.8. The molecule has 0 aliphatic carbocycles. The molecule has 4 aromatic rings. The minimum absolute atomic E-state index is 0.0114. The maximum Gasteiger partial charge on any atom is 0.259 e. The van der Waals surface area contributed by atoms with Crippen molar-refractivity contribution in [2.75, 3.05) is 38.0 Å². The van der Waals surface area contributed by atoms with Gasteiger partial charge in [0.1, 0.15) is 0 Å². The number of aryl methyl sites for hydroxylation is 2. The summed E-state index contributed by atoms with van der Waals surface area (Å²) in [5.74, 6) is 0. The molecule has 248 valence electrons. The second-order valence-electron chi connectivity index (χ2n) is 13.2. The lowest BCUT2D eigenvalue weighted by molar-refractivity contribution is 0.551. The van der Waals surface area contributed by atoms with Crippen molar-refractivity contribution in [2.45, 2.75) is 104 Å². The van der Waals surface area contributed by atoms with Gasteiger partial charge in [-0.1, -0.05) is 102 Å². The smallest absolute Gasteiger partial charge is 0.259 e. The number of fused-ring (bicyclic) bond motifs is 1. The number of nitrogens with zero attached hydrogens (tertiary/aromatic N) is 4. The Morgan fingerprint density at radius 1 is 0.478 bits per heavy atom. The fourth-order valence-corrected chi connectivity index (χ4v) is 6.32. The van der Waals surface area contributed by atoms with Crippen LogP contribution in [0.4, 0.5) is 11.4 Å². The van der Waals surface area contributed by atoms with Crippen LogP contribution in [0.2, 0.25) is 0 Å². The number of hydrogen-bond acceptors (Lipinski definition) is 4. The Morgan fingerprint density at radius 3 is 1.13 bits per heavy atom. The SMILES string of the molecule is CCCCCCCCn1c(=O)c(-c2ccc(N(C)C)cc2)cc2c1cc(-c1ccc(N(C)C)cc1)c(=O)n2CCCCCCCC. The van der Waals surface area contributed by atoms with E-state index in [2.05, 4.69) is 47.9 Å². The van der Waals surface area contributed by atoms with E-state index in [9.17, 15) is 9.59 Å². The van der Waals surface area contributed by atoms with Crippen molar-refractivity contribution in [1.82, 2.24) is 9.13 Å². The predicted octanol–water partition coefficient (Wildman–Crippen LogP) is 9.35. The van der Waals surface area contributed by atoms with Gasteiger partial charge in [0, 0.05) is 63.8 Å². The standard InChI is InChI=1S/C40H56N4O2/c1-7-9-11-13-15-17-27-43-37-29-36(32-21-25-34(26-22-32)42(5)6)40(46)44(28-18-16-14-12-10-8-2)38(37)30-35(39(43)45)31-19-23-33(24-20-31)41(3)4/h19-26,29-30H,7-18,27-28H2,1-6H3. The molecule has 4 rings (SSSR count). The van der Waals surface area contributed by atoms with Gasteiger partial charge in [-0.05, 0) is 60.4 Å². The van der Waals surface area contributed by atoms with E-state index in [0.29, 0.717) is 24.2 Å². The first-order valence-electron chi connectivity index (χ1n) is 17.6. The third-order valence-electron chi connectivity index (χ3n) is 9.22. The third-order valence-corrected chi connectivity index (χ3v) is 9.22. The maximum absolute atomic E-state index is 14.4. The van der Waals surface area contributed by atoms with E-state index < -0.39 is 0 Å². The number of pyridine rings is 2. The maximum atomic E-state index is 14.4. The van der Waals surface area contributed by atoms with Crippen LogP contribution in [0.15, 0.2) is 70.3 Å². The average Bonchev–Trinajstić information content (AvgIpc) is 3.05. The minimum atomic E-state index is 0.0114. The number of rotatable bonds is 18. The highest BCUT2D eigenvalue weighted by atomic mass is 16.1. The normalized spacial score (nSPS) is 11.3. The molecule has 0 saturated heterocycles. The minimum Gasteiger partial charge on any atom is -0.378 e. The number of hydrogen-bond donors (Lipinski definition) is 0. The zero-order valence-corrected chi connectivity index (χ0v) is 29.3. The molecule has 46 heavy (non-hydrogen) atoms. The molecule has 6 heteroatoms. The summed E-state index contributed by atoms with van der Waals surface area (Å²) in [6, 6.07) is 20.3. The first-order valence-corrected chi connectivity index (χ1v) is 17.6. The van der Waals surface area contributed by atoms with Crippen molar-refractivity contribution < 1.29 is 0 Å². The van der Waals surface area contributed by atoms with Crippen molar-refractivity contribution in [3.8, 4) is 22.3 Å². The van der Waals surface area contributed by atoms with Gasteiger partial charge in [0.05, 0.1) is 11.0 Å². The van der Waals surface area contributed by atoms with Crippen molar-refractivity contribution in [3.05, 3.63) is 81.4 Å². The fourth-order valence-electron chi connectivity index (χ4n) is 6.32. The summed E-state index contributed by atoms with van der Waals surface area (Å²) in [6.07, 6.45) is 13.8. The quantitative estimate of drug-likeness (QED) is 0.104. The van der Waals surface area contributed by atoms with Crippen LogP contribution >= 0.6 is 0 Å². The molecule has 0 unspecified atom stereocenters. The molecule has 0 amide bonds. The molecule has 0 N–H and O–H groups in total. The van der Waals surface area contributed by atoms with Gasteiger partial charge >= 0.3 is 0 Å². The van der Waals surface area contributed by atoms with Crippen molar-refractivity contribution >= 4 is 22.4 Å². The topological polar surface area (TPSA) is 50.5 Å². The molecule has 0 fully saturated rings. The number of benzene rings is 2. The van der Waals surface area contributed by atoms with E-state index in [1.54, 1.807) is 0 Å². The summed E-state index contributed by atoms with van der Waals surface area (Å²) in [5, 5.41) is 0. The molecule has 0 bridgehead atoms. The lowest BCUT2D eigenvalue weighted by Gasteiger charge is -2.19. The third kappa shape index (κ3) is 8.71. The van der Waals surface area contributed by atoms with Gasteiger partial charge < -0.3 is 18.9 Å². The Bertz CT molecular complexity index is 1520. The van der Waals surface area contributed by atoms with Crippen molar-refractivity contribution in [1.29, 1.82) is 0 Å². The Hall–Kier alpha value is -3.80. The van der Waals surface area contributed by atoms with Crippen LogP contribution < -0.4 is 20.9 Å². The molecule has 6 nitrogen and oxygen atoms in total. The lowest BCUT2D eigenvalue weighted by atomic mass is 10.0. The molecule has 2 heterocycles. The van der Waals surface area contributed by atoms with Crippen LogP contribution in [0.3, 0.4) is 0 Å². The van der Waals surface area contributed by atoms with E-state index in [-0.39, 0.29) is 11.1 Å². The summed E-state index contributed by atoms with van der Waals surface area (Å²) >= 11 is 0. The summed E-state index contributed by atoms with van der Waals surface area (Å²) in [5.41, 5.74) is 6.98. The first kappa shape index (κ1) is 35.1. The summed E-state index contributed by atoms with van der Waals surface area (Å²) in [7, 11) is 8.08. The Kier molecular flexibility index (Phi) is 13.1. The van der Waals surface area contributed by atoms with E-state index in [1.165, 1.54) is 51.4 Å². The number of unbranched alkanes of at least 4 members (excludes halogenated alkanes) is 10. The first-order chi connectivity index (χ1) is 22.3. The van der Waals surface area contributed by atoms with E-state index >= 15 is 0 Å². The highest BCUT2D eigenvalue weighted by Gasteiger charge is 2.18. The van der Waals surface area contributed by atoms with Crippen molar-refractivity contribution in [3.63, 3.8) is 0 Å². The Balaban J connectivity index is 1.88. The van der Waals surface area contributed by atoms with Gasteiger partial charge in [-0.25, -0.2) is 0 Å². The van der Waals surface area contributed by atoms with E-state index in [0.717, 1.165) is 59.2 Å². The van der Waals surface area contributed by atoms with Crippen LogP contribution in [0.25, 0.3) is 33.3 Å². The van der Waals surface area contributed by atoms with Gasteiger partial charge in [-0.2, -0.15) is 0 Å². The lowest BCUT2D eigenvalue weighted by Crippen LogP contribution is -2.28. The van der Waals surface area contributed by atoms with Crippen LogP contribution in [0.1, 0.15) is 90.9 Å². The van der Waals surface area contributed by atoms with Crippen LogP contribution in [0.5, 0.6) is 0 Å². The van der Waals surface area contributed by atoms with E-state index in [1.807, 2.05) is 73.7 Å². The predicted molar refractivity (Wildman–Crippen MR) is 199 cm³/mol. The molecule has 0 aliphatic heterocycles. The Labute approximate surface area is 276 Å². The van der Waals surface area contributed by atoms with Crippen LogP contribution in [0, 0.1) is 0 Å². The Morgan fingerprint density at radius 2 is 0.804 bits per heavy atom. The molecule has 0 spiro atoms. The molecular formula is C40H56N4O2. The fraction of sp³-hybridized carbons (Fsp3) is 0.500. The average molecular weight is 625 g/mol. The molecule has 0 saturated carbocycles. The summed E-state index contributed by atoms with van der Waals surface area (Å²) in [6.45, 7) is 5.75. The largest absolute Gasteiger partial charge is 0.378 e. The zero-order chi connectivity index (χ0) is 33.1. The van der Waals surface area contributed by atoms with Crippen LogP contribution in [-0.4, -0.2) is 37.3 Å². The van der Waals surface area contributed by atoms with Gasteiger partial charge in [0.2, 0.25) is 0 Å². The highest BCUT2D eigenvalue weighted by molar-refractivity contribution is 5.85. The molecule has 0 aliphatic rings. The second kappa shape index (κ2) is 17.2. The molecule has 0 radical (unpaired) electrons. The van der Waals surface area contributed by atoms with Gasteiger partial charge in [0.15, 0.2) is 0 Å². The molecule has 0 atom stereocenters. The second-order valence-corrected chi connectivity index (χ2v) is 13.2. The van der Waals surface area contributed by atoms with E-state index in [4.69, 9.17) is 0 Å². The van der Waals surface area contributed by atoms with Gasteiger partial charge in [-0.15, -0.1) is 0 Å². The van der Waals surface area contributed by atoms with Crippen molar-refractivity contribution in [2.24, 2.45) is 0 Å². The zero-order valence-electron chi connectivity index (χ0n) is 29.3. The molecular weight excluding hydrogens is 568 g/mol. The molecule has 2 aromatic heterocycles. The number of anilines is 2. The highest BCUT2D eigenvalue weighted by Crippen LogP contribution is 2.28. The van der Waals surface area contributed by atoms with Gasteiger partial charge in [-0.3, -0.25) is 9.59 Å². The van der Waals surface area contributed by atoms with Gasteiger partial charge in [0.25, 0.3) is 11.1 Å².